The quantitative estimate of drug-likeness (QED) is 0.0782. The summed E-state index contributed by atoms with van der Waals surface area (Å²) in [5.74, 6) is -1.68. The van der Waals surface area contributed by atoms with Gasteiger partial charge in [0.15, 0.2) is 0 Å². The van der Waals surface area contributed by atoms with Crippen LogP contribution in [0.25, 0.3) is 28.2 Å². The number of aryl methyl sites for hydroxylation is 1. The number of urea groups is 1. The highest BCUT2D eigenvalue weighted by Crippen LogP contribution is 2.39. The van der Waals surface area contributed by atoms with Gasteiger partial charge in [0.2, 0.25) is 17.7 Å². The second kappa shape index (κ2) is 23.2. The molecule has 1 aliphatic carbocycles. The Bertz CT molecular complexity index is 2910. The predicted molar refractivity (Wildman–Crippen MR) is 264 cm³/mol. The highest BCUT2D eigenvalue weighted by atomic mass is 19.4. The largest absolute Gasteiger partial charge is 0.416 e. The molecule has 1 saturated carbocycles. The van der Waals surface area contributed by atoms with Crippen molar-refractivity contribution in [3.05, 3.63) is 101 Å². The van der Waals surface area contributed by atoms with Crippen molar-refractivity contribution in [1.82, 2.24) is 40.6 Å². The number of nitrogens with two attached hydrogens (primary N) is 1. The lowest BCUT2D eigenvalue weighted by Gasteiger charge is -2.31. The first-order valence-corrected chi connectivity index (χ1v) is 24.1. The van der Waals surface area contributed by atoms with Crippen LogP contribution in [0.4, 0.5) is 35.3 Å². The second-order valence-corrected chi connectivity index (χ2v) is 18.0. The highest BCUT2D eigenvalue weighted by molar-refractivity contribution is 6.07. The Labute approximate surface area is 418 Å². The minimum atomic E-state index is -4.60. The van der Waals surface area contributed by atoms with Crippen molar-refractivity contribution in [1.29, 1.82) is 0 Å². The molecule has 5 aromatic rings. The summed E-state index contributed by atoms with van der Waals surface area (Å²) in [4.78, 5) is 88.3. The molecule has 19 nitrogen and oxygen atoms in total. The summed E-state index contributed by atoms with van der Waals surface area (Å²) in [7, 11) is 0. The SMILES string of the molecule is Cc1ccc(C(=O)NCCOCCOCCC(=O)N2CC/C=C/c3cnc(N)c4c(-c5ccc(C(=O)Nc6cc(C(F)(F)F)ccn6)cc5)nn(c34)[C@@H]3CCC[C@H](C3)NC(=O)CC2)cc1N1CCC(=O)NC1=O. The number of hydrogen-bond donors (Lipinski definition) is 5. The Morgan fingerprint density at radius 3 is 2.42 bits per heavy atom. The first-order chi connectivity index (χ1) is 35.1. The highest BCUT2D eigenvalue weighted by Gasteiger charge is 2.32. The number of pyridine rings is 2. The summed E-state index contributed by atoms with van der Waals surface area (Å²) in [5, 5.41) is 16.4. The normalized spacial score (nSPS) is 18.1. The maximum atomic E-state index is 13.5. The summed E-state index contributed by atoms with van der Waals surface area (Å²) < 4.78 is 53.1. The number of rotatable bonds is 14. The number of nitrogens with zero attached hydrogens (tertiary/aromatic N) is 6. The van der Waals surface area contributed by atoms with Gasteiger partial charge in [0.05, 0.1) is 55.4 Å². The van der Waals surface area contributed by atoms with E-state index in [0.717, 1.165) is 54.2 Å². The van der Waals surface area contributed by atoms with Gasteiger partial charge in [-0.15, -0.1) is 0 Å². The monoisotopic (exact) mass is 1010 g/mol. The van der Waals surface area contributed by atoms with Crippen LogP contribution in [-0.4, -0.2) is 119 Å². The van der Waals surface area contributed by atoms with Crippen molar-refractivity contribution in [2.24, 2.45) is 0 Å². The number of carbonyl (C=O) groups is 6. The second-order valence-electron chi connectivity index (χ2n) is 18.0. The number of aromatic nitrogens is 4. The number of nitrogens with one attached hydrogen (secondary N) is 4. The van der Waals surface area contributed by atoms with Crippen LogP contribution in [0.2, 0.25) is 0 Å². The predicted octanol–water partition coefficient (Wildman–Crippen LogP) is 6.19. The summed E-state index contributed by atoms with van der Waals surface area (Å²) in [6, 6.07) is 12.3. The smallest absolute Gasteiger partial charge is 0.383 e. The molecule has 7 amide bonds. The minimum absolute atomic E-state index is 0.0861. The summed E-state index contributed by atoms with van der Waals surface area (Å²) >= 11 is 0. The van der Waals surface area contributed by atoms with Crippen molar-refractivity contribution >= 4 is 69.9 Å². The zero-order valence-corrected chi connectivity index (χ0v) is 40.1. The molecule has 2 aliphatic heterocycles. The van der Waals surface area contributed by atoms with Crippen LogP contribution in [0, 0.1) is 6.92 Å². The average molecular weight is 1010 g/mol. The molecule has 3 aromatic heterocycles. The van der Waals surface area contributed by atoms with E-state index in [1.165, 1.54) is 4.90 Å². The van der Waals surface area contributed by atoms with Gasteiger partial charge >= 0.3 is 12.2 Å². The number of fused-ring (bicyclic) bond motifs is 3. The molecule has 0 unspecified atom stereocenters. The van der Waals surface area contributed by atoms with Crippen LogP contribution in [-0.2, 0) is 30.0 Å². The zero-order chi connectivity index (χ0) is 51.6. The summed E-state index contributed by atoms with van der Waals surface area (Å²) in [5.41, 5.74) is 10.2. The molecule has 0 radical (unpaired) electrons. The van der Waals surface area contributed by atoms with Crippen LogP contribution in [0.5, 0.6) is 0 Å². The van der Waals surface area contributed by atoms with E-state index in [-0.39, 0.29) is 118 Å². The number of ether oxygens (including phenoxy) is 2. The third-order valence-electron chi connectivity index (χ3n) is 12.9. The van der Waals surface area contributed by atoms with Crippen LogP contribution in [0.3, 0.4) is 0 Å². The molecule has 22 heteroatoms. The maximum Gasteiger partial charge on any atom is 0.416 e. The van der Waals surface area contributed by atoms with Crippen molar-refractivity contribution in [3.8, 4) is 11.3 Å². The van der Waals surface area contributed by atoms with Gasteiger partial charge in [-0.1, -0.05) is 30.4 Å². The fraction of sp³-hybridized carbons (Fsp3) is 0.392. The number of anilines is 3. The molecule has 0 spiro atoms. The number of alkyl halides is 3. The molecule has 3 aliphatic rings. The van der Waals surface area contributed by atoms with Gasteiger partial charge in [-0.05, 0) is 81.0 Å². The fourth-order valence-electron chi connectivity index (χ4n) is 9.12. The van der Waals surface area contributed by atoms with E-state index in [1.807, 2.05) is 23.8 Å². The molecule has 2 aromatic carbocycles. The topological polar surface area (TPSA) is 245 Å². The van der Waals surface area contributed by atoms with E-state index in [9.17, 15) is 41.9 Å². The van der Waals surface area contributed by atoms with Gasteiger partial charge in [0.25, 0.3) is 11.8 Å². The van der Waals surface area contributed by atoms with E-state index in [4.69, 9.17) is 20.3 Å². The van der Waals surface area contributed by atoms with Gasteiger partial charge in [-0.2, -0.15) is 18.3 Å². The van der Waals surface area contributed by atoms with Crippen LogP contribution < -0.4 is 31.9 Å². The molecule has 2 fully saturated rings. The maximum absolute atomic E-state index is 13.5. The Morgan fingerprint density at radius 1 is 0.877 bits per heavy atom. The lowest BCUT2D eigenvalue weighted by atomic mass is 9.90. The molecule has 6 N–H and O–H groups in total. The zero-order valence-electron chi connectivity index (χ0n) is 40.1. The van der Waals surface area contributed by atoms with E-state index >= 15 is 0 Å². The molecular formula is C51H56F3N11O8. The number of benzene rings is 2. The Balaban J connectivity index is 0.859. The lowest BCUT2D eigenvalue weighted by molar-refractivity contribution is -0.137. The van der Waals surface area contributed by atoms with Crippen LogP contribution in [0.15, 0.2) is 73.1 Å². The molecule has 8 rings (SSSR count). The van der Waals surface area contributed by atoms with Crippen LogP contribution in [0.1, 0.15) is 94.8 Å². The first kappa shape index (κ1) is 51.6. The van der Waals surface area contributed by atoms with E-state index in [1.54, 1.807) is 53.6 Å². The third kappa shape index (κ3) is 12.9. The first-order valence-electron chi connectivity index (χ1n) is 24.1. The van der Waals surface area contributed by atoms with Gasteiger partial charge in [0, 0.05) is 85.4 Å². The molecule has 73 heavy (non-hydrogen) atoms. The van der Waals surface area contributed by atoms with Crippen LogP contribution >= 0.6 is 0 Å². The standard InChI is InChI=1S/C51H56F3N11O8/c1-31-8-9-34(27-39(31)64-22-16-42(67)61-50(64)71)48(69)57-19-24-73-26-25-72-23-17-43(68)63-20-3-2-5-35-30-58-47(55)44-45(62-65(46(35)44)38-7-4-6-37(29-38)59-41(66)15-21-63)32-10-12-33(13-11-32)49(70)60-40-28-36(14-18-56-40)51(52,53)54/h2,5,8-14,18,27-28,30,37-38H,3-4,6-7,15-17,19-26,29H2,1H3,(H2,55,58)(H,57,69)(H,59,66)(H,56,60,70)(H,61,67,71)/b5-2+/t37-,38-/m1/s1. The lowest BCUT2D eigenvalue weighted by Crippen LogP contribution is -2.49. The fourth-order valence-corrected chi connectivity index (χ4v) is 9.12. The third-order valence-corrected chi connectivity index (χ3v) is 12.9. The Hall–Kier alpha value is -7.72. The number of carbonyl (C=O) groups excluding carboxylic acids is 6. The molecule has 2 bridgehead atoms. The Morgan fingerprint density at radius 2 is 1.64 bits per heavy atom. The molecule has 5 heterocycles. The summed E-state index contributed by atoms with van der Waals surface area (Å²) in [6.45, 7) is 3.61. The number of hydrogen-bond acceptors (Lipinski definition) is 12. The molecule has 1 saturated heterocycles. The minimum Gasteiger partial charge on any atom is -0.383 e. The van der Waals surface area contributed by atoms with Gasteiger partial charge < -0.3 is 36.1 Å². The number of amides is 7. The van der Waals surface area contributed by atoms with Crippen molar-refractivity contribution in [2.75, 3.05) is 68.6 Å². The average Bonchev–Trinajstić information content (AvgIpc) is 3.78. The van der Waals surface area contributed by atoms with Crippen molar-refractivity contribution < 1.29 is 51.4 Å². The summed E-state index contributed by atoms with van der Waals surface area (Å²) in [6.07, 6.45) is 5.71. The van der Waals surface area contributed by atoms with E-state index in [0.29, 0.717) is 47.3 Å². The van der Waals surface area contributed by atoms with Gasteiger partial charge in [0.1, 0.15) is 17.3 Å². The van der Waals surface area contributed by atoms with Gasteiger partial charge in [-0.3, -0.25) is 38.9 Å². The Kier molecular flexibility index (Phi) is 16.4. The number of halogens is 3. The molecular weight excluding hydrogens is 952 g/mol. The van der Waals surface area contributed by atoms with Crippen molar-refractivity contribution in [2.45, 2.75) is 76.6 Å². The molecule has 384 valence electrons. The van der Waals surface area contributed by atoms with E-state index in [2.05, 4.69) is 31.2 Å². The van der Waals surface area contributed by atoms with Crippen molar-refractivity contribution in [3.63, 3.8) is 0 Å². The number of nitrogen functional groups attached to an aromatic ring is 1. The van der Waals surface area contributed by atoms with Gasteiger partial charge in [-0.25, -0.2) is 14.8 Å². The number of imide groups is 1. The molecule has 2 atom stereocenters. The van der Waals surface area contributed by atoms with E-state index < -0.39 is 23.7 Å².